The number of hydrogen-bond acceptors (Lipinski definition) is 5. The fraction of sp³-hybridized carbons (Fsp3) is 0.348. The Morgan fingerprint density at radius 1 is 0.964 bits per heavy atom. The number of ketones is 3. The van der Waals surface area contributed by atoms with Gasteiger partial charge >= 0.3 is 0 Å². The molecule has 1 aliphatic heterocycles. The van der Waals surface area contributed by atoms with Gasteiger partial charge in [0.25, 0.3) is 0 Å². The van der Waals surface area contributed by atoms with Crippen molar-refractivity contribution in [2.45, 2.75) is 38.5 Å². The number of fused-ring (bicyclic) bond motifs is 1. The predicted octanol–water partition coefficient (Wildman–Crippen LogP) is 3.56. The number of carbonyl (C=O) groups is 3. The second kappa shape index (κ2) is 7.58. The zero-order valence-electron chi connectivity index (χ0n) is 15.8. The van der Waals surface area contributed by atoms with Crippen LogP contribution in [0.4, 0.5) is 0 Å². The standard InChI is InChI=1S/C23H22O5/c1-14-2-6-16(7-3-14)17-11-19(25)23(20(26)12-17)18(24)8-4-15-5-9-21-22(10-15)28-13-27-21/h2-3,5-7,9-10,17,23H,4,8,11-13H2,1H3. The van der Waals surface area contributed by atoms with Crippen molar-refractivity contribution in [1.29, 1.82) is 0 Å². The van der Waals surface area contributed by atoms with E-state index in [0.717, 1.165) is 16.7 Å². The van der Waals surface area contributed by atoms with Crippen LogP contribution in [0.5, 0.6) is 11.5 Å². The van der Waals surface area contributed by atoms with E-state index < -0.39 is 5.92 Å². The van der Waals surface area contributed by atoms with Gasteiger partial charge in [-0.1, -0.05) is 35.9 Å². The Morgan fingerprint density at radius 2 is 1.64 bits per heavy atom. The molecular weight excluding hydrogens is 356 g/mol. The lowest BCUT2D eigenvalue weighted by Gasteiger charge is -2.26. The molecule has 0 aromatic heterocycles. The van der Waals surface area contributed by atoms with Crippen molar-refractivity contribution in [1.82, 2.24) is 0 Å². The third-order valence-electron chi connectivity index (χ3n) is 5.51. The maximum absolute atomic E-state index is 12.6. The number of rotatable bonds is 5. The van der Waals surface area contributed by atoms with Crippen molar-refractivity contribution in [3.63, 3.8) is 0 Å². The van der Waals surface area contributed by atoms with Gasteiger partial charge in [0.15, 0.2) is 28.8 Å². The van der Waals surface area contributed by atoms with Crippen LogP contribution < -0.4 is 9.47 Å². The summed E-state index contributed by atoms with van der Waals surface area (Å²) in [4.78, 5) is 37.8. The summed E-state index contributed by atoms with van der Waals surface area (Å²) in [5.41, 5.74) is 3.04. The van der Waals surface area contributed by atoms with Gasteiger partial charge in [-0.2, -0.15) is 0 Å². The third-order valence-corrected chi connectivity index (χ3v) is 5.51. The van der Waals surface area contributed by atoms with Crippen LogP contribution in [0, 0.1) is 12.8 Å². The average molecular weight is 378 g/mol. The van der Waals surface area contributed by atoms with Crippen LogP contribution in [0.25, 0.3) is 0 Å². The van der Waals surface area contributed by atoms with Crippen LogP contribution in [0.15, 0.2) is 42.5 Å². The van der Waals surface area contributed by atoms with Crippen molar-refractivity contribution < 1.29 is 23.9 Å². The van der Waals surface area contributed by atoms with Crippen molar-refractivity contribution in [2.75, 3.05) is 6.79 Å². The number of Topliss-reactive ketones (excluding diaryl/α,β-unsaturated/α-hetero) is 3. The van der Waals surface area contributed by atoms with Crippen molar-refractivity contribution >= 4 is 17.3 Å². The second-order valence-electron chi connectivity index (χ2n) is 7.54. The first-order valence-corrected chi connectivity index (χ1v) is 9.54. The Bertz CT molecular complexity index is 911. The quantitative estimate of drug-likeness (QED) is 0.744. The number of carbonyl (C=O) groups excluding carboxylic acids is 3. The summed E-state index contributed by atoms with van der Waals surface area (Å²) < 4.78 is 10.6. The van der Waals surface area contributed by atoms with Crippen LogP contribution in [0.3, 0.4) is 0 Å². The molecule has 0 saturated heterocycles. The molecule has 2 aliphatic rings. The summed E-state index contributed by atoms with van der Waals surface area (Å²) in [6, 6.07) is 13.4. The van der Waals surface area contributed by atoms with Gasteiger partial charge in [-0.05, 0) is 42.5 Å². The number of aryl methyl sites for hydroxylation is 2. The van der Waals surface area contributed by atoms with Crippen LogP contribution in [0.1, 0.15) is 41.9 Å². The smallest absolute Gasteiger partial charge is 0.231 e. The highest BCUT2D eigenvalue weighted by molar-refractivity contribution is 6.21. The molecule has 1 saturated carbocycles. The van der Waals surface area contributed by atoms with Gasteiger partial charge in [-0.15, -0.1) is 0 Å². The molecule has 0 bridgehead atoms. The van der Waals surface area contributed by atoms with E-state index >= 15 is 0 Å². The Labute approximate surface area is 163 Å². The summed E-state index contributed by atoms with van der Waals surface area (Å²) in [5.74, 6) is -0.662. The summed E-state index contributed by atoms with van der Waals surface area (Å²) in [7, 11) is 0. The Morgan fingerprint density at radius 3 is 2.36 bits per heavy atom. The van der Waals surface area contributed by atoms with Gasteiger partial charge in [0, 0.05) is 19.3 Å². The number of hydrogen-bond donors (Lipinski definition) is 0. The Balaban J connectivity index is 1.38. The van der Waals surface area contributed by atoms with Crippen LogP contribution in [-0.4, -0.2) is 24.1 Å². The molecule has 0 spiro atoms. The summed E-state index contributed by atoms with van der Waals surface area (Å²) >= 11 is 0. The van der Waals surface area contributed by atoms with Gasteiger partial charge in [-0.3, -0.25) is 14.4 Å². The molecule has 5 nitrogen and oxygen atoms in total. The Hall–Kier alpha value is -2.95. The molecule has 1 heterocycles. The van der Waals surface area contributed by atoms with Crippen LogP contribution >= 0.6 is 0 Å². The van der Waals surface area contributed by atoms with Gasteiger partial charge in [0.05, 0.1) is 0 Å². The van der Waals surface area contributed by atoms with E-state index in [1.54, 1.807) is 0 Å². The summed E-state index contributed by atoms with van der Waals surface area (Å²) in [6.07, 6.45) is 1.12. The van der Waals surface area contributed by atoms with E-state index in [1.165, 1.54) is 0 Å². The number of ether oxygens (including phenoxy) is 2. The predicted molar refractivity (Wildman–Crippen MR) is 103 cm³/mol. The highest BCUT2D eigenvalue weighted by Crippen LogP contribution is 2.34. The van der Waals surface area contributed by atoms with Crippen molar-refractivity contribution in [3.8, 4) is 11.5 Å². The lowest BCUT2D eigenvalue weighted by molar-refractivity contribution is -0.142. The van der Waals surface area contributed by atoms with Gasteiger partial charge in [-0.25, -0.2) is 0 Å². The van der Waals surface area contributed by atoms with E-state index in [-0.39, 0.29) is 49.3 Å². The zero-order valence-corrected chi connectivity index (χ0v) is 15.8. The van der Waals surface area contributed by atoms with Gasteiger partial charge in [0.1, 0.15) is 5.92 Å². The fourth-order valence-electron chi connectivity index (χ4n) is 3.91. The molecule has 4 rings (SSSR count). The van der Waals surface area contributed by atoms with E-state index in [0.29, 0.717) is 17.9 Å². The molecule has 1 aliphatic carbocycles. The van der Waals surface area contributed by atoms with E-state index in [4.69, 9.17) is 9.47 Å². The SMILES string of the molecule is Cc1ccc(C2CC(=O)C(C(=O)CCc3ccc4c(c3)OCO4)C(=O)C2)cc1. The minimum absolute atomic E-state index is 0.126. The largest absolute Gasteiger partial charge is 0.454 e. The lowest BCUT2D eigenvalue weighted by Crippen LogP contribution is -2.38. The first-order chi connectivity index (χ1) is 13.5. The molecular formula is C23H22O5. The molecule has 2 aromatic carbocycles. The lowest BCUT2D eigenvalue weighted by atomic mass is 9.74. The average Bonchev–Trinajstić information content (AvgIpc) is 3.14. The van der Waals surface area contributed by atoms with Crippen molar-refractivity contribution in [2.24, 2.45) is 5.92 Å². The third kappa shape index (κ3) is 3.70. The highest BCUT2D eigenvalue weighted by Gasteiger charge is 2.39. The van der Waals surface area contributed by atoms with E-state index in [1.807, 2.05) is 49.4 Å². The van der Waals surface area contributed by atoms with Crippen molar-refractivity contribution in [3.05, 3.63) is 59.2 Å². The molecule has 144 valence electrons. The zero-order chi connectivity index (χ0) is 19.7. The minimum Gasteiger partial charge on any atom is -0.454 e. The minimum atomic E-state index is -1.10. The number of benzene rings is 2. The first-order valence-electron chi connectivity index (χ1n) is 9.54. The molecule has 1 fully saturated rings. The normalized spacial score (nSPS) is 21.0. The Kier molecular flexibility index (Phi) is 4.99. The monoisotopic (exact) mass is 378 g/mol. The molecule has 0 N–H and O–H groups in total. The first kappa shape index (κ1) is 18.4. The fourth-order valence-corrected chi connectivity index (χ4v) is 3.91. The van der Waals surface area contributed by atoms with E-state index in [9.17, 15) is 14.4 Å². The molecule has 28 heavy (non-hydrogen) atoms. The topological polar surface area (TPSA) is 69.7 Å². The van der Waals surface area contributed by atoms with Gasteiger partial charge in [0.2, 0.25) is 6.79 Å². The summed E-state index contributed by atoms with van der Waals surface area (Å²) in [5, 5.41) is 0. The molecule has 5 heteroatoms. The molecule has 0 atom stereocenters. The van der Waals surface area contributed by atoms with Gasteiger partial charge < -0.3 is 9.47 Å². The van der Waals surface area contributed by atoms with Crippen LogP contribution in [-0.2, 0) is 20.8 Å². The molecule has 2 aromatic rings. The van der Waals surface area contributed by atoms with E-state index in [2.05, 4.69) is 0 Å². The van der Waals surface area contributed by atoms with Crippen LogP contribution in [0.2, 0.25) is 0 Å². The molecule has 0 unspecified atom stereocenters. The molecule has 0 radical (unpaired) electrons. The highest BCUT2D eigenvalue weighted by atomic mass is 16.7. The maximum atomic E-state index is 12.6. The second-order valence-corrected chi connectivity index (χ2v) is 7.54. The molecule has 0 amide bonds. The maximum Gasteiger partial charge on any atom is 0.231 e. The summed E-state index contributed by atoms with van der Waals surface area (Å²) in [6.45, 7) is 2.20.